The number of halogens is 1. The molecule has 3 heterocycles. The molecule has 0 aliphatic carbocycles. The van der Waals surface area contributed by atoms with Crippen LogP contribution in [0.1, 0.15) is 36.0 Å². The number of anilines is 1. The van der Waals surface area contributed by atoms with Gasteiger partial charge >= 0.3 is 6.09 Å². The van der Waals surface area contributed by atoms with Crippen molar-refractivity contribution in [3.8, 4) is 0 Å². The van der Waals surface area contributed by atoms with E-state index in [1.165, 1.54) is 30.8 Å². The second kappa shape index (κ2) is 10.8. The number of hydrogen-bond donors (Lipinski definition) is 0. The van der Waals surface area contributed by atoms with E-state index in [1.54, 1.807) is 17.0 Å². The zero-order valence-electron chi connectivity index (χ0n) is 21.1. The molecule has 36 heavy (non-hydrogen) atoms. The van der Waals surface area contributed by atoms with E-state index in [9.17, 15) is 9.18 Å². The Morgan fingerprint density at radius 1 is 0.972 bits per heavy atom. The van der Waals surface area contributed by atoms with E-state index in [4.69, 9.17) is 4.74 Å². The Morgan fingerprint density at radius 2 is 1.72 bits per heavy atom. The zero-order valence-corrected chi connectivity index (χ0v) is 21.1. The molecule has 3 aliphatic rings. The second-order valence-electron chi connectivity index (χ2n) is 10.6. The van der Waals surface area contributed by atoms with Gasteiger partial charge in [-0.3, -0.25) is 4.90 Å². The third-order valence-corrected chi connectivity index (χ3v) is 8.02. The summed E-state index contributed by atoms with van der Waals surface area (Å²) < 4.78 is 20.8. The number of fused-ring (bicyclic) bond motifs is 3. The van der Waals surface area contributed by atoms with Crippen LogP contribution >= 0.6 is 0 Å². The summed E-state index contributed by atoms with van der Waals surface area (Å²) in [5.74, 6) is 0.158. The molecule has 3 aliphatic heterocycles. The molecule has 3 aromatic carbocycles. The highest BCUT2D eigenvalue weighted by molar-refractivity contribution is 5.87. The molecule has 6 rings (SSSR count). The van der Waals surface area contributed by atoms with Gasteiger partial charge in [-0.2, -0.15) is 0 Å². The van der Waals surface area contributed by atoms with E-state index in [2.05, 4.69) is 30.3 Å². The van der Waals surface area contributed by atoms with Crippen LogP contribution in [-0.2, 0) is 17.7 Å². The van der Waals surface area contributed by atoms with Gasteiger partial charge in [-0.1, -0.05) is 54.6 Å². The molecule has 3 aromatic rings. The van der Waals surface area contributed by atoms with E-state index < -0.39 is 0 Å². The van der Waals surface area contributed by atoms with Gasteiger partial charge in [-0.15, -0.1) is 0 Å². The Kier molecular flexibility index (Phi) is 7.38. The van der Waals surface area contributed by atoms with Crippen molar-refractivity contribution < 1.29 is 18.4 Å². The lowest BCUT2D eigenvalue weighted by Crippen LogP contribution is -2.65. The number of carbonyl (C=O) groups is 1. The van der Waals surface area contributed by atoms with Crippen LogP contribution in [0.25, 0.3) is 0 Å². The first kappa shape index (κ1) is 24.5. The van der Waals surface area contributed by atoms with Crippen molar-refractivity contribution in [3.05, 3.63) is 101 Å². The number of amides is 1. The number of aryl methyl sites for hydroxylation is 2. The first-order valence-electron chi connectivity index (χ1n) is 13.2. The number of nitrogens with zero attached hydrogens (tertiary/aromatic N) is 2. The third-order valence-electron chi connectivity index (χ3n) is 8.02. The van der Waals surface area contributed by atoms with Crippen LogP contribution < -0.4 is 4.90 Å². The highest BCUT2D eigenvalue weighted by atomic mass is 19.1. The van der Waals surface area contributed by atoms with Crippen LogP contribution in [0.15, 0.2) is 78.9 Å². The number of quaternary nitrogens is 1. The van der Waals surface area contributed by atoms with Crippen molar-refractivity contribution in [2.24, 2.45) is 5.92 Å². The SMILES string of the molecule is Cc1cccc(N(Cc2ccc(F)cc2)C(=O)OC2C[N+]3(CCCc4ccccc4)CCC2CC3)c1. The summed E-state index contributed by atoms with van der Waals surface area (Å²) in [4.78, 5) is 15.3. The zero-order chi connectivity index (χ0) is 25.0. The van der Waals surface area contributed by atoms with Crippen LogP contribution in [0.5, 0.6) is 0 Å². The third kappa shape index (κ3) is 5.79. The fraction of sp³-hybridized carbons (Fsp3) is 0.387. The molecule has 2 bridgehead atoms. The maximum Gasteiger partial charge on any atom is 0.415 e. The van der Waals surface area contributed by atoms with E-state index >= 15 is 0 Å². The molecule has 0 spiro atoms. The van der Waals surface area contributed by atoms with E-state index in [0.29, 0.717) is 12.5 Å². The van der Waals surface area contributed by atoms with E-state index in [-0.39, 0.29) is 18.0 Å². The molecule has 188 valence electrons. The summed E-state index contributed by atoms with van der Waals surface area (Å²) in [5, 5.41) is 0. The topological polar surface area (TPSA) is 29.5 Å². The highest BCUT2D eigenvalue weighted by Crippen LogP contribution is 2.36. The predicted molar refractivity (Wildman–Crippen MR) is 141 cm³/mol. The average Bonchev–Trinajstić information content (AvgIpc) is 2.89. The predicted octanol–water partition coefficient (Wildman–Crippen LogP) is 6.52. The summed E-state index contributed by atoms with van der Waals surface area (Å²) in [6, 6.07) is 24.9. The van der Waals surface area contributed by atoms with E-state index in [0.717, 1.165) is 60.1 Å². The smallest absolute Gasteiger partial charge is 0.415 e. The van der Waals surface area contributed by atoms with Crippen LogP contribution in [0.4, 0.5) is 14.9 Å². The fourth-order valence-corrected chi connectivity index (χ4v) is 5.95. The van der Waals surface area contributed by atoms with Gasteiger partial charge in [0.15, 0.2) is 6.10 Å². The van der Waals surface area contributed by atoms with Gasteiger partial charge in [0.05, 0.1) is 26.2 Å². The molecule has 0 aromatic heterocycles. The number of rotatable bonds is 8. The molecule has 1 amide bonds. The fourth-order valence-electron chi connectivity index (χ4n) is 5.95. The van der Waals surface area contributed by atoms with Gasteiger partial charge in [-0.05, 0) is 54.3 Å². The largest absolute Gasteiger partial charge is 0.440 e. The Labute approximate surface area is 213 Å². The quantitative estimate of drug-likeness (QED) is 0.339. The molecule has 0 N–H and O–H groups in total. The molecule has 1 unspecified atom stereocenters. The maximum absolute atomic E-state index is 13.6. The minimum absolute atomic E-state index is 0.0581. The van der Waals surface area contributed by atoms with Crippen molar-refractivity contribution in [1.82, 2.24) is 0 Å². The second-order valence-corrected chi connectivity index (χ2v) is 10.6. The van der Waals surface area contributed by atoms with Crippen molar-refractivity contribution in [2.75, 3.05) is 31.1 Å². The molecular formula is C31H36FN2O2+. The maximum atomic E-state index is 13.6. The molecule has 5 heteroatoms. The van der Waals surface area contributed by atoms with Gasteiger partial charge in [-0.25, -0.2) is 9.18 Å². The highest BCUT2D eigenvalue weighted by Gasteiger charge is 2.47. The first-order chi connectivity index (χ1) is 17.5. The molecular weight excluding hydrogens is 451 g/mol. The van der Waals surface area contributed by atoms with Crippen molar-refractivity contribution in [3.63, 3.8) is 0 Å². The van der Waals surface area contributed by atoms with Crippen molar-refractivity contribution in [1.29, 1.82) is 0 Å². The summed E-state index contributed by atoms with van der Waals surface area (Å²) in [7, 11) is 0. The standard InChI is InChI=1S/C31H36FN2O2/c1-24-7-5-11-29(21-24)33(22-26-12-14-28(32)15-13-26)31(35)36-30-23-34(19-16-27(30)17-20-34)18-6-10-25-8-3-2-4-9-25/h2-5,7-9,11-15,21,27,30H,6,10,16-20,22-23H2,1H3/q+1. The molecule has 1 atom stereocenters. The normalized spacial score (nSPS) is 22.8. The summed E-state index contributed by atoms with van der Waals surface area (Å²) in [5.41, 5.74) is 4.14. The Bertz CT molecular complexity index is 1160. The lowest BCUT2D eigenvalue weighted by atomic mass is 9.83. The summed E-state index contributed by atoms with van der Waals surface area (Å²) >= 11 is 0. The summed E-state index contributed by atoms with van der Waals surface area (Å²) in [6.45, 7) is 6.77. The molecule has 0 radical (unpaired) electrons. The van der Waals surface area contributed by atoms with Crippen LogP contribution in [0.2, 0.25) is 0 Å². The monoisotopic (exact) mass is 487 g/mol. The minimum Gasteiger partial charge on any atom is -0.440 e. The van der Waals surface area contributed by atoms with Gasteiger partial charge < -0.3 is 9.22 Å². The number of hydrogen-bond acceptors (Lipinski definition) is 2. The number of ether oxygens (including phenoxy) is 1. The Morgan fingerprint density at radius 3 is 2.44 bits per heavy atom. The van der Waals surface area contributed by atoms with Crippen LogP contribution in [-0.4, -0.2) is 42.9 Å². The van der Waals surface area contributed by atoms with Crippen LogP contribution in [0.3, 0.4) is 0 Å². The number of carbonyl (C=O) groups excluding carboxylic acids is 1. The van der Waals surface area contributed by atoms with Crippen molar-refractivity contribution >= 4 is 11.8 Å². The molecule has 3 fully saturated rings. The van der Waals surface area contributed by atoms with E-state index in [1.807, 2.05) is 31.2 Å². The van der Waals surface area contributed by atoms with Gasteiger partial charge in [0, 0.05) is 30.9 Å². The lowest BCUT2D eigenvalue weighted by molar-refractivity contribution is -0.946. The van der Waals surface area contributed by atoms with Gasteiger partial charge in [0.1, 0.15) is 12.4 Å². The minimum atomic E-state index is -0.314. The summed E-state index contributed by atoms with van der Waals surface area (Å²) in [6.07, 6.45) is 4.10. The Hall–Kier alpha value is -3.18. The molecule has 4 nitrogen and oxygen atoms in total. The lowest BCUT2D eigenvalue weighted by Gasteiger charge is -2.52. The average molecular weight is 488 g/mol. The van der Waals surface area contributed by atoms with Crippen molar-refractivity contribution in [2.45, 2.75) is 45.3 Å². The van der Waals surface area contributed by atoms with Gasteiger partial charge in [0.25, 0.3) is 0 Å². The number of piperidine rings is 3. The van der Waals surface area contributed by atoms with Crippen LogP contribution in [0, 0.1) is 18.7 Å². The Balaban J connectivity index is 1.27. The molecule has 3 saturated heterocycles. The number of benzene rings is 3. The first-order valence-corrected chi connectivity index (χ1v) is 13.2. The molecule has 0 saturated carbocycles. The van der Waals surface area contributed by atoms with Gasteiger partial charge in [0.2, 0.25) is 0 Å².